The van der Waals surface area contributed by atoms with E-state index in [0.29, 0.717) is 12.5 Å². The summed E-state index contributed by atoms with van der Waals surface area (Å²) in [6.07, 6.45) is 3.80. The van der Waals surface area contributed by atoms with Gasteiger partial charge < -0.3 is 10.5 Å². The summed E-state index contributed by atoms with van der Waals surface area (Å²) >= 11 is 0. The first kappa shape index (κ1) is 12.4. The Morgan fingerprint density at radius 2 is 2.20 bits per heavy atom. The quantitative estimate of drug-likeness (QED) is 0.828. The molecule has 1 saturated heterocycles. The molecule has 15 heavy (non-hydrogen) atoms. The van der Waals surface area contributed by atoms with E-state index in [-0.39, 0.29) is 12.4 Å². The molecule has 0 bridgehead atoms. The summed E-state index contributed by atoms with van der Waals surface area (Å²) in [4.78, 5) is 4.10. The minimum Gasteiger partial charge on any atom is -0.381 e. The molecule has 0 aromatic carbocycles. The number of nitrogens with two attached hydrogens (primary N) is 1. The van der Waals surface area contributed by atoms with Crippen LogP contribution in [0.2, 0.25) is 0 Å². The average Bonchev–Trinajstić information content (AvgIpc) is 2.67. The lowest BCUT2D eigenvalue weighted by atomic mass is 10.0. The minimum absolute atomic E-state index is 0. The van der Waals surface area contributed by atoms with Crippen LogP contribution in [0.5, 0.6) is 0 Å². The van der Waals surface area contributed by atoms with Gasteiger partial charge in [0.2, 0.25) is 0 Å². The summed E-state index contributed by atoms with van der Waals surface area (Å²) in [6, 6.07) is 0. The van der Waals surface area contributed by atoms with E-state index >= 15 is 0 Å². The van der Waals surface area contributed by atoms with Crippen LogP contribution in [-0.2, 0) is 17.8 Å². The monoisotopic (exact) mass is 232 g/mol. The zero-order valence-corrected chi connectivity index (χ0v) is 9.45. The maximum atomic E-state index is 5.55. The number of hydrogen-bond donors (Lipinski definition) is 1. The van der Waals surface area contributed by atoms with Gasteiger partial charge in [-0.2, -0.15) is 5.10 Å². The zero-order chi connectivity index (χ0) is 9.80. The van der Waals surface area contributed by atoms with E-state index in [4.69, 9.17) is 10.5 Å². The van der Waals surface area contributed by atoms with Crippen LogP contribution in [0.25, 0.3) is 0 Å². The van der Waals surface area contributed by atoms with Crippen LogP contribution in [0.4, 0.5) is 0 Å². The van der Waals surface area contributed by atoms with Crippen LogP contribution in [-0.4, -0.2) is 28.0 Å². The molecule has 86 valence electrons. The molecule has 2 N–H and O–H groups in total. The van der Waals surface area contributed by atoms with Crippen molar-refractivity contribution in [3.8, 4) is 0 Å². The second kappa shape index (κ2) is 6.05. The Kier molecular flexibility index (Phi) is 5.01. The highest BCUT2D eigenvalue weighted by molar-refractivity contribution is 5.85. The van der Waals surface area contributed by atoms with Crippen LogP contribution in [0.1, 0.15) is 18.7 Å². The van der Waals surface area contributed by atoms with E-state index in [0.717, 1.165) is 38.4 Å². The topological polar surface area (TPSA) is 66.0 Å². The van der Waals surface area contributed by atoms with Gasteiger partial charge in [0, 0.05) is 19.8 Å². The van der Waals surface area contributed by atoms with Gasteiger partial charge >= 0.3 is 0 Å². The van der Waals surface area contributed by atoms with Gasteiger partial charge in [0.1, 0.15) is 12.2 Å². The van der Waals surface area contributed by atoms with Crippen molar-refractivity contribution in [2.24, 2.45) is 11.7 Å². The maximum Gasteiger partial charge on any atom is 0.140 e. The summed E-state index contributed by atoms with van der Waals surface area (Å²) in [5.74, 6) is 1.53. The van der Waals surface area contributed by atoms with Crippen molar-refractivity contribution in [3.63, 3.8) is 0 Å². The van der Waals surface area contributed by atoms with E-state index in [1.165, 1.54) is 0 Å². The normalized spacial score (nSPS) is 17.4. The van der Waals surface area contributed by atoms with Crippen LogP contribution in [0.3, 0.4) is 0 Å². The second-order valence-electron chi connectivity index (χ2n) is 3.62. The molecule has 6 heteroatoms. The molecule has 0 spiro atoms. The van der Waals surface area contributed by atoms with Crippen molar-refractivity contribution in [1.82, 2.24) is 14.8 Å². The van der Waals surface area contributed by atoms with E-state index < -0.39 is 0 Å². The molecule has 1 aromatic heterocycles. The van der Waals surface area contributed by atoms with Crippen LogP contribution in [0, 0.1) is 5.92 Å². The first-order chi connectivity index (χ1) is 6.90. The molecule has 0 aliphatic carbocycles. The van der Waals surface area contributed by atoms with Gasteiger partial charge in [-0.1, -0.05) is 0 Å². The smallest absolute Gasteiger partial charge is 0.140 e. The lowest BCUT2D eigenvalue weighted by Gasteiger charge is -2.22. The predicted molar refractivity (Wildman–Crippen MR) is 58.7 cm³/mol. The molecule has 5 nitrogen and oxygen atoms in total. The lowest BCUT2D eigenvalue weighted by Crippen LogP contribution is -2.22. The lowest BCUT2D eigenvalue weighted by molar-refractivity contribution is 0.0598. The molecule has 0 unspecified atom stereocenters. The fraction of sp³-hybridized carbons (Fsp3) is 0.778. The third-order valence-corrected chi connectivity index (χ3v) is 2.65. The fourth-order valence-corrected chi connectivity index (χ4v) is 1.77. The molecular weight excluding hydrogens is 216 g/mol. The summed E-state index contributed by atoms with van der Waals surface area (Å²) in [5.41, 5.74) is 5.55. The molecule has 1 aromatic rings. The Morgan fingerprint density at radius 3 is 2.87 bits per heavy atom. The molecule has 0 saturated carbocycles. The number of rotatable bonds is 3. The third kappa shape index (κ3) is 3.15. The van der Waals surface area contributed by atoms with E-state index in [1.54, 1.807) is 6.33 Å². The van der Waals surface area contributed by atoms with Crippen LogP contribution >= 0.6 is 12.4 Å². The molecule has 1 fully saturated rings. The van der Waals surface area contributed by atoms with Crippen LogP contribution in [0.15, 0.2) is 6.33 Å². The fourth-order valence-electron chi connectivity index (χ4n) is 1.77. The summed E-state index contributed by atoms with van der Waals surface area (Å²) in [7, 11) is 0. The Bertz CT molecular complexity index is 285. The first-order valence-electron chi connectivity index (χ1n) is 5.04. The summed E-state index contributed by atoms with van der Waals surface area (Å²) in [5, 5.41) is 4.17. The van der Waals surface area contributed by atoms with E-state index in [9.17, 15) is 0 Å². The highest BCUT2D eigenvalue weighted by atomic mass is 35.5. The predicted octanol–water partition coefficient (Wildman–Crippen LogP) is 0.585. The molecule has 2 heterocycles. The van der Waals surface area contributed by atoms with Gasteiger partial charge in [0.25, 0.3) is 0 Å². The van der Waals surface area contributed by atoms with Gasteiger partial charge in [0.15, 0.2) is 0 Å². The van der Waals surface area contributed by atoms with E-state index in [2.05, 4.69) is 10.1 Å². The van der Waals surface area contributed by atoms with E-state index in [1.807, 2.05) is 4.68 Å². The highest BCUT2D eigenvalue weighted by Crippen LogP contribution is 2.16. The van der Waals surface area contributed by atoms with Crippen molar-refractivity contribution in [2.75, 3.05) is 13.2 Å². The standard InChI is InChI=1S/C9H16N4O.ClH/c10-5-9-11-7-12-13(9)6-8-1-3-14-4-2-8;/h7-8H,1-6,10H2;1H. The molecule has 0 atom stereocenters. The van der Waals surface area contributed by atoms with Gasteiger partial charge in [-0.15, -0.1) is 12.4 Å². The molecule has 0 radical (unpaired) electrons. The Labute approximate surface area is 95.4 Å². The number of aromatic nitrogens is 3. The second-order valence-corrected chi connectivity index (χ2v) is 3.62. The molecule has 2 rings (SSSR count). The molecule has 1 aliphatic heterocycles. The van der Waals surface area contributed by atoms with Crippen molar-refractivity contribution in [3.05, 3.63) is 12.2 Å². The SMILES string of the molecule is Cl.NCc1ncnn1CC1CCOCC1. The Hall–Kier alpha value is -0.650. The Morgan fingerprint density at radius 1 is 1.47 bits per heavy atom. The highest BCUT2D eigenvalue weighted by Gasteiger charge is 2.15. The van der Waals surface area contributed by atoms with Crippen molar-refractivity contribution >= 4 is 12.4 Å². The zero-order valence-electron chi connectivity index (χ0n) is 8.63. The van der Waals surface area contributed by atoms with Gasteiger partial charge in [-0.05, 0) is 18.8 Å². The van der Waals surface area contributed by atoms with Crippen LogP contribution < -0.4 is 5.73 Å². The molecular formula is C9H17ClN4O. The molecule has 1 aliphatic rings. The largest absolute Gasteiger partial charge is 0.381 e. The minimum atomic E-state index is 0. The average molecular weight is 233 g/mol. The number of ether oxygens (including phenoxy) is 1. The summed E-state index contributed by atoms with van der Waals surface area (Å²) in [6.45, 7) is 3.13. The molecule has 0 amide bonds. The number of nitrogens with zero attached hydrogens (tertiary/aromatic N) is 3. The van der Waals surface area contributed by atoms with Crippen molar-refractivity contribution < 1.29 is 4.74 Å². The number of hydrogen-bond acceptors (Lipinski definition) is 4. The van der Waals surface area contributed by atoms with Crippen molar-refractivity contribution in [2.45, 2.75) is 25.9 Å². The summed E-state index contributed by atoms with van der Waals surface area (Å²) < 4.78 is 7.22. The maximum absolute atomic E-state index is 5.55. The van der Waals surface area contributed by atoms with Crippen molar-refractivity contribution in [1.29, 1.82) is 0 Å². The van der Waals surface area contributed by atoms with Gasteiger partial charge in [-0.3, -0.25) is 0 Å². The van der Waals surface area contributed by atoms with Gasteiger partial charge in [0.05, 0.1) is 6.54 Å². The van der Waals surface area contributed by atoms with Gasteiger partial charge in [-0.25, -0.2) is 9.67 Å². The first-order valence-corrected chi connectivity index (χ1v) is 5.04. The number of halogens is 1. The third-order valence-electron chi connectivity index (χ3n) is 2.65. The Balaban J connectivity index is 0.00000112.